The summed E-state index contributed by atoms with van der Waals surface area (Å²) < 4.78 is 20.4. The maximum absolute atomic E-state index is 13.1. The van der Waals surface area contributed by atoms with Gasteiger partial charge in [0, 0.05) is 49.3 Å². The molecule has 0 N–H and O–H groups in total. The SMILES string of the molecule is Cn1nc(-c2nc(-c3ccc(F)cc3)no2)c2c1CCN(C(=O)C1CCC1)C2. The first kappa shape index (κ1) is 17.1. The van der Waals surface area contributed by atoms with Crippen LogP contribution in [0.3, 0.4) is 0 Å². The van der Waals surface area contributed by atoms with Crippen molar-refractivity contribution in [2.45, 2.75) is 32.2 Å². The Balaban J connectivity index is 1.46. The number of amides is 1. The van der Waals surface area contributed by atoms with E-state index >= 15 is 0 Å². The summed E-state index contributed by atoms with van der Waals surface area (Å²) in [5.41, 5.74) is 3.34. The highest BCUT2D eigenvalue weighted by Gasteiger charge is 2.34. The third-order valence-electron chi connectivity index (χ3n) is 5.74. The van der Waals surface area contributed by atoms with E-state index in [-0.39, 0.29) is 17.6 Å². The largest absolute Gasteiger partial charge is 0.338 e. The zero-order chi connectivity index (χ0) is 19.3. The van der Waals surface area contributed by atoms with Gasteiger partial charge < -0.3 is 9.42 Å². The minimum Gasteiger partial charge on any atom is -0.338 e. The predicted molar refractivity (Wildman–Crippen MR) is 98.4 cm³/mol. The van der Waals surface area contributed by atoms with Crippen LogP contribution in [-0.4, -0.2) is 37.3 Å². The van der Waals surface area contributed by atoms with Crippen molar-refractivity contribution in [3.8, 4) is 23.0 Å². The van der Waals surface area contributed by atoms with Gasteiger partial charge in [-0.25, -0.2) is 4.39 Å². The van der Waals surface area contributed by atoms with Crippen LogP contribution in [0.25, 0.3) is 23.0 Å². The molecule has 1 saturated carbocycles. The molecule has 0 unspecified atom stereocenters. The van der Waals surface area contributed by atoms with Crippen molar-refractivity contribution in [2.75, 3.05) is 6.54 Å². The van der Waals surface area contributed by atoms with E-state index in [1.165, 1.54) is 12.1 Å². The van der Waals surface area contributed by atoms with E-state index in [0.29, 0.717) is 36.1 Å². The number of aryl methyl sites for hydroxylation is 1. The van der Waals surface area contributed by atoms with Crippen LogP contribution in [0, 0.1) is 11.7 Å². The van der Waals surface area contributed by atoms with Crippen LogP contribution in [0.15, 0.2) is 28.8 Å². The monoisotopic (exact) mass is 381 g/mol. The predicted octanol–water partition coefficient (Wildman–Crippen LogP) is 2.96. The number of carbonyl (C=O) groups is 1. The van der Waals surface area contributed by atoms with E-state index in [0.717, 1.165) is 36.9 Å². The molecule has 2 aliphatic rings. The molecule has 8 heteroatoms. The Bertz CT molecular complexity index is 1040. The van der Waals surface area contributed by atoms with Crippen molar-refractivity contribution in [3.05, 3.63) is 41.3 Å². The number of carbonyl (C=O) groups excluding carboxylic acids is 1. The molecule has 144 valence electrons. The molecule has 28 heavy (non-hydrogen) atoms. The molecule has 1 aliphatic carbocycles. The molecule has 0 saturated heterocycles. The van der Waals surface area contributed by atoms with Crippen molar-refractivity contribution >= 4 is 5.91 Å². The van der Waals surface area contributed by atoms with Gasteiger partial charge in [0.1, 0.15) is 5.82 Å². The van der Waals surface area contributed by atoms with Crippen molar-refractivity contribution in [1.82, 2.24) is 24.8 Å². The minimum absolute atomic E-state index is 0.176. The Morgan fingerprint density at radius 3 is 2.75 bits per heavy atom. The highest BCUT2D eigenvalue weighted by Crippen LogP contribution is 2.33. The summed E-state index contributed by atoms with van der Waals surface area (Å²) in [6.45, 7) is 1.23. The third-order valence-corrected chi connectivity index (χ3v) is 5.74. The van der Waals surface area contributed by atoms with Gasteiger partial charge in [-0.05, 0) is 37.1 Å². The summed E-state index contributed by atoms with van der Waals surface area (Å²) in [5, 5.41) is 8.60. The smallest absolute Gasteiger partial charge is 0.279 e. The van der Waals surface area contributed by atoms with Crippen LogP contribution in [-0.2, 0) is 24.8 Å². The first-order chi connectivity index (χ1) is 13.6. The molecule has 3 aromatic rings. The van der Waals surface area contributed by atoms with Gasteiger partial charge in [0.25, 0.3) is 5.89 Å². The molecule has 0 radical (unpaired) electrons. The molecule has 3 heterocycles. The maximum atomic E-state index is 13.1. The Kier molecular flexibility index (Phi) is 3.99. The van der Waals surface area contributed by atoms with Crippen LogP contribution in [0.5, 0.6) is 0 Å². The number of rotatable bonds is 3. The maximum Gasteiger partial charge on any atom is 0.279 e. The van der Waals surface area contributed by atoms with Crippen LogP contribution in [0.4, 0.5) is 4.39 Å². The van der Waals surface area contributed by atoms with Crippen LogP contribution in [0.1, 0.15) is 30.5 Å². The van der Waals surface area contributed by atoms with Gasteiger partial charge in [0.05, 0.1) is 0 Å². The molecule has 1 aromatic carbocycles. The van der Waals surface area contributed by atoms with Crippen LogP contribution >= 0.6 is 0 Å². The van der Waals surface area contributed by atoms with E-state index in [1.54, 1.807) is 12.1 Å². The number of halogens is 1. The molecule has 2 aromatic heterocycles. The summed E-state index contributed by atoms with van der Waals surface area (Å²) >= 11 is 0. The summed E-state index contributed by atoms with van der Waals surface area (Å²) in [7, 11) is 1.89. The van der Waals surface area contributed by atoms with Gasteiger partial charge in [-0.15, -0.1) is 0 Å². The van der Waals surface area contributed by atoms with Gasteiger partial charge in [-0.2, -0.15) is 10.1 Å². The van der Waals surface area contributed by atoms with E-state index in [1.807, 2.05) is 16.6 Å². The standard InChI is InChI=1S/C20H20FN5O2/c1-25-16-9-10-26(20(27)13-3-2-4-13)11-15(16)17(23-25)19-22-18(24-28-19)12-5-7-14(21)8-6-12/h5-8,13H,2-4,9-11H2,1H3. The topological polar surface area (TPSA) is 77.1 Å². The average Bonchev–Trinajstić information content (AvgIpc) is 3.26. The fourth-order valence-electron chi connectivity index (χ4n) is 3.90. The second-order valence-corrected chi connectivity index (χ2v) is 7.47. The van der Waals surface area contributed by atoms with Gasteiger partial charge in [-0.1, -0.05) is 11.6 Å². The second kappa shape index (κ2) is 6.54. The molecule has 1 aliphatic heterocycles. The number of fused-ring (bicyclic) bond motifs is 1. The summed E-state index contributed by atoms with van der Waals surface area (Å²) in [6, 6.07) is 5.93. The van der Waals surface area contributed by atoms with Gasteiger partial charge in [-0.3, -0.25) is 9.48 Å². The molecule has 5 rings (SSSR count). The molecular formula is C20H20FN5O2. The molecular weight excluding hydrogens is 361 g/mol. The van der Waals surface area contributed by atoms with Crippen molar-refractivity contribution < 1.29 is 13.7 Å². The number of aromatic nitrogens is 4. The Morgan fingerprint density at radius 2 is 2.04 bits per heavy atom. The molecule has 7 nitrogen and oxygen atoms in total. The quantitative estimate of drug-likeness (QED) is 0.697. The second-order valence-electron chi connectivity index (χ2n) is 7.47. The Labute approximate surface area is 161 Å². The van der Waals surface area contributed by atoms with E-state index in [4.69, 9.17) is 4.52 Å². The highest BCUT2D eigenvalue weighted by atomic mass is 19.1. The molecule has 1 amide bonds. The summed E-state index contributed by atoms with van der Waals surface area (Å²) in [5.74, 6) is 0.795. The van der Waals surface area contributed by atoms with Crippen LogP contribution < -0.4 is 0 Å². The fourth-order valence-corrected chi connectivity index (χ4v) is 3.90. The zero-order valence-corrected chi connectivity index (χ0v) is 15.6. The van der Waals surface area contributed by atoms with E-state index < -0.39 is 0 Å². The molecule has 1 fully saturated rings. The van der Waals surface area contributed by atoms with E-state index in [9.17, 15) is 9.18 Å². The number of hydrogen-bond acceptors (Lipinski definition) is 5. The Hall–Kier alpha value is -3.03. The highest BCUT2D eigenvalue weighted by molar-refractivity contribution is 5.80. The minimum atomic E-state index is -0.317. The summed E-state index contributed by atoms with van der Waals surface area (Å²) in [4.78, 5) is 19.1. The zero-order valence-electron chi connectivity index (χ0n) is 15.6. The number of benzene rings is 1. The molecule has 0 atom stereocenters. The van der Waals surface area contributed by atoms with Crippen LogP contribution in [0.2, 0.25) is 0 Å². The molecule has 0 spiro atoms. The third kappa shape index (κ3) is 2.80. The van der Waals surface area contributed by atoms with Gasteiger partial charge >= 0.3 is 0 Å². The van der Waals surface area contributed by atoms with Crippen molar-refractivity contribution in [1.29, 1.82) is 0 Å². The van der Waals surface area contributed by atoms with Crippen molar-refractivity contribution in [3.63, 3.8) is 0 Å². The van der Waals surface area contributed by atoms with E-state index in [2.05, 4.69) is 15.2 Å². The normalized spacial score (nSPS) is 16.7. The lowest BCUT2D eigenvalue weighted by Crippen LogP contribution is -2.42. The fraction of sp³-hybridized carbons (Fsp3) is 0.400. The first-order valence-corrected chi connectivity index (χ1v) is 9.53. The van der Waals surface area contributed by atoms with Crippen molar-refractivity contribution in [2.24, 2.45) is 13.0 Å². The summed E-state index contributed by atoms with van der Waals surface area (Å²) in [6.07, 6.45) is 3.89. The van der Waals surface area contributed by atoms with Gasteiger partial charge in [0.2, 0.25) is 11.7 Å². The number of nitrogens with zero attached hydrogens (tertiary/aromatic N) is 5. The lowest BCUT2D eigenvalue weighted by atomic mass is 9.84. The van der Waals surface area contributed by atoms with Gasteiger partial charge in [0.15, 0.2) is 5.69 Å². The lowest BCUT2D eigenvalue weighted by molar-refractivity contribution is -0.139. The Morgan fingerprint density at radius 1 is 1.25 bits per heavy atom. The lowest BCUT2D eigenvalue weighted by Gasteiger charge is -2.34. The molecule has 0 bridgehead atoms. The average molecular weight is 381 g/mol. The number of hydrogen-bond donors (Lipinski definition) is 0. The first-order valence-electron chi connectivity index (χ1n) is 9.53.